The number of hydrogen-bond donors (Lipinski definition) is 1. The molecule has 0 bridgehead atoms. The molecule has 2 atom stereocenters. The predicted octanol–water partition coefficient (Wildman–Crippen LogP) is 1.86. The van der Waals surface area contributed by atoms with E-state index in [1.807, 2.05) is 0 Å². The molecule has 0 aliphatic carbocycles. The summed E-state index contributed by atoms with van der Waals surface area (Å²) in [6.45, 7) is 10.5. The van der Waals surface area contributed by atoms with Crippen LogP contribution in [0.2, 0.25) is 0 Å². The fourth-order valence-corrected chi connectivity index (χ4v) is 2.37. The minimum atomic E-state index is 0.681. The fourth-order valence-electron chi connectivity index (χ4n) is 2.37. The summed E-state index contributed by atoms with van der Waals surface area (Å²) in [6, 6.07) is 1.46. The normalized spacial score (nSPS) is 29.5. The van der Waals surface area contributed by atoms with Gasteiger partial charge in [-0.2, -0.15) is 0 Å². The topological polar surface area (TPSA) is 15.3 Å². The summed E-state index contributed by atoms with van der Waals surface area (Å²) >= 11 is 0. The second-order valence-electron chi connectivity index (χ2n) is 4.08. The van der Waals surface area contributed by atoms with Gasteiger partial charge in [0, 0.05) is 12.1 Å². The van der Waals surface area contributed by atoms with E-state index < -0.39 is 0 Å². The Bertz CT molecular complexity index is 136. The molecule has 0 amide bonds. The summed E-state index contributed by atoms with van der Waals surface area (Å²) in [6.07, 6.45) is 3.99. The Morgan fingerprint density at radius 1 is 1.38 bits per heavy atom. The molecule has 1 fully saturated rings. The van der Waals surface area contributed by atoms with Gasteiger partial charge in [-0.1, -0.05) is 13.8 Å². The Morgan fingerprint density at radius 2 is 2.15 bits per heavy atom. The third-order valence-electron chi connectivity index (χ3n) is 3.11. The second kappa shape index (κ2) is 5.61. The molecule has 0 aromatic carbocycles. The van der Waals surface area contributed by atoms with Crippen LogP contribution in [-0.4, -0.2) is 36.6 Å². The summed E-state index contributed by atoms with van der Waals surface area (Å²) in [5.74, 6) is 0. The maximum absolute atomic E-state index is 3.56. The van der Waals surface area contributed by atoms with Crippen LogP contribution in [-0.2, 0) is 0 Å². The van der Waals surface area contributed by atoms with Crippen molar-refractivity contribution in [2.24, 2.45) is 0 Å². The van der Waals surface area contributed by atoms with E-state index in [1.54, 1.807) is 0 Å². The average Bonchev–Trinajstić information content (AvgIpc) is 2.16. The first-order valence-corrected chi connectivity index (χ1v) is 5.77. The summed E-state index contributed by atoms with van der Waals surface area (Å²) < 4.78 is 0. The molecule has 1 N–H and O–H groups in total. The van der Waals surface area contributed by atoms with E-state index in [2.05, 4.69) is 31.0 Å². The van der Waals surface area contributed by atoms with Crippen molar-refractivity contribution >= 4 is 0 Å². The third-order valence-corrected chi connectivity index (χ3v) is 3.11. The SMILES string of the molecule is CCCN(CC)C1CCCNC1C. The van der Waals surface area contributed by atoms with Crippen molar-refractivity contribution in [2.75, 3.05) is 19.6 Å². The Labute approximate surface area is 82.7 Å². The van der Waals surface area contributed by atoms with Crippen LogP contribution in [0.4, 0.5) is 0 Å². The van der Waals surface area contributed by atoms with E-state index in [1.165, 1.54) is 38.9 Å². The van der Waals surface area contributed by atoms with Gasteiger partial charge in [-0.05, 0) is 45.8 Å². The van der Waals surface area contributed by atoms with Crippen LogP contribution >= 0.6 is 0 Å². The van der Waals surface area contributed by atoms with Gasteiger partial charge in [0.1, 0.15) is 0 Å². The molecule has 78 valence electrons. The molecule has 2 heteroatoms. The smallest absolute Gasteiger partial charge is 0.0247 e. The summed E-state index contributed by atoms with van der Waals surface area (Å²) in [4.78, 5) is 2.62. The van der Waals surface area contributed by atoms with E-state index in [-0.39, 0.29) is 0 Å². The highest BCUT2D eigenvalue weighted by molar-refractivity contribution is 4.84. The quantitative estimate of drug-likeness (QED) is 0.717. The van der Waals surface area contributed by atoms with Gasteiger partial charge in [0.15, 0.2) is 0 Å². The molecule has 1 rings (SSSR count). The summed E-state index contributed by atoms with van der Waals surface area (Å²) in [5, 5.41) is 3.56. The number of nitrogens with one attached hydrogen (secondary N) is 1. The lowest BCUT2D eigenvalue weighted by Gasteiger charge is -2.38. The minimum Gasteiger partial charge on any atom is -0.313 e. The molecule has 2 nitrogen and oxygen atoms in total. The molecule has 0 aromatic heterocycles. The predicted molar refractivity (Wildman–Crippen MR) is 58.0 cm³/mol. The van der Waals surface area contributed by atoms with Crippen LogP contribution in [0, 0.1) is 0 Å². The lowest BCUT2D eigenvalue weighted by atomic mass is 9.98. The van der Waals surface area contributed by atoms with E-state index in [0.717, 1.165) is 6.04 Å². The molecule has 1 aliphatic heterocycles. The maximum Gasteiger partial charge on any atom is 0.0247 e. The standard InChI is InChI=1S/C11H24N2/c1-4-9-13(5-2)11-7-6-8-12-10(11)3/h10-12H,4-9H2,1-3H3. The lowest BCUT2D eigenvalue weighted by Crippen LogP contribution is -2.52. The molecule has 1 saturated heterocycles. The molecular weight excluding hydrogens is 160 g/mol. The number of piperidine rings is 1. The van der Waals surface area contributed by atoms with Crippen molar-refractivity contribution in [3.63, 3.8) is 0 Å². The van der Waals surface area contributed by atoms with Crippen LogP contribution in [0.1, 0.15) is 40.0 Å². The molecule has 1 aliphatic rings. The molecule has 0 spiro atoms. The largest absolute Gasteiger partial charge is 0.313 e. The number of likely N-dealkylation sites (N-methyl/N-ethyl adjacent to an activating group) is 1. The van der Waals surface area contributed by atoms with Crippen molar-refractivity contribution in [1.82, 2.24) is 10.2 Å². The monoisotopic (exact) mass is 184 g/mol. The highest BCUT2D eigenvalue weighted by Crippen LogP contribution is 2.15. The van der Waals surface area contributed by atoms with Crippen molar-refractivity contribution in [3.05, 3.63) is 0 Å². The molecule has 1 heterocycles. The third kappa shape index (κ3) is 2.96. The maximum atomic E-state index is 3.56. The Kier molecular flexibility index (Phi) is 4.74. The van der Waals surface area contributed by atoms with Crippen molar-refractivity contribution in [3.8, 4) is 0 Å². The highest BCUT2D eigenvalue weighted by atomic mass is 15.2. The Hall–Kier alpha value is -0.0800. The average molecular weight is 184 g/mol. The van der Waals surface area contributed by atoms with Crippen LogP contribution in [0.25, 0.3) is 0 Å². The number of hydrogen-bond acceptors (Lipinski definition) is 2. The van der Waals surface area contributed by atoms with Gasteiger partial charge < -0.3 is 5.32 Å². The van der Waals surface area contributed by atoms with Gasteiger partial charge in [0.2, 0.25) is 0 Å². The molecule has 0 saturated carbocycles. The van der Waals surface area contributed by atoms with Crippen LogP contribution < -0.4 is 5.32 Å². The van der Waals surface area contributed by atoms with Gasteiger partial charge in [-0.3, -0.25) is 4.90 Å². The van der Waals surface area contributed by atoms with Gasteiger partial charge >= 0.3 is 0 Å². The van der Waals surface area contributed by atoms with E-state index in [0.29, 0.717) is 6.04 Å². The zero-order valence-electron chi connectivity index (χ0n) is 9.34. The molecule has 0 aromatic rings. The second-order valence-corrected chi connectivity index (χ2v) is 4.08. The summed E-state index contributed by atoms with van der Waals surface area (Å²) in [7, 11) is 0. The summed E-state index contributed by atoms with van der Waals surface area (Å²) in [5.41, 5.74) is 0. The van der Waals surface area contributed by atoms with Crippen LogP contribution in [0.3, 0.4) is 0 Å². The Balaban J connectivity index is 2.44. The molecule has 2 unspecified atom stereocenters. The zero-order valence-corrected chi connectivity index (χ0v) is 9.34. The lowest BCUT2D eigenvalue weighted by molar-refractivity contribution is 0.140. The zero-order chi connectivity index (χ0) is 9.68. The van der Waals surface area contributed by atoms with Crippen molar-refractivity contribution in [1.29, 1.82) is 0 Å². The fraction of sp³-hybridized carbons (Fsp3) is 1.00. The Morgan fingerprint density at radius 3 is 2.69 bits per heavy atom. The first kappa shape index (κ1) is 11.0. The number of rotatable bonds is 4. The first-order valence-electron chi connectivity index (χ1n) is 5.77. The molecule has 0 radical (unpaired) electrons. The van der Waals surface area contributed by atoms with Gasteiger partial charge in [-0.15, -0.1) is 0 Å². The van der Waals surface area contributed by atoms with E-state index in [4.69, 9.17) is 0 Å². The van der Waals surface area contributed by atoms with E-state index >= 15 is 0 Å². The van der Waals surface area contributed by atoms with Gasteiger partial charge in [0.25, 0.3) is 0 Å². The first-order chi connectivity index (χ1) is 6.29. The molecular formula is C11H24N2. The van der Waals surface area contributed by atoms with Crippen molar-refractivity contribution in [2.45, 2.75) is 52.1 Å². The van der Waals surface area contributed by atoms with E-state index in [9.17, 15) is 0 Å². The number of nitrogens with zero attached hydrogens (tertiary/aromatic N) is 1. The van der Waals surface area contributed by atoms with Gasteiger partial charge in [0.05, 0.1) is 0 Å². The minimum absolute atomic E-state index is 0.681. The van der Waals surface area contributed by atoms with Crippen molar-refractivity contribution < 1.29 is 0 Å². The van der Waals surface area contributed by atoms with Crippen LogP contribution in [0.15, 0.2) is 0 Å². The van der Waals surface area contributed by atoms with Gasteiger partial charge in [-0.25, -0.2) is 0 Å². The highest BCUT2D eigenvalue weighted by Gasteiger charge is 2.24. The van der Waals surface area contributed by atoms with Crippen LogP contribution in [0.5, 0.6) is 0 Å². The molecule has 13 heavy (non-hydrogen) atoms.